The summed E-state index contributed by atoms with van der Waals surface area (Å²) < 4.78 is 10.8. The third-order valence-electron chi connectivity index (χ3n) is 6.50. The molecule has 8 nitrogen and oxygen atoms in total. The average molecular weight is 437 g/mol. The zero-order valence-electron chi connectivity index (χ0n) is 18.5. The Morgan fingerprint density at radius 3 is 2.53 bits per heavy atom. The highest BCUT2D eigenvalue weighted by Gasteiger charge is 2.36. The maximum atomic E-state index is 12.9. The molecule has 1 atom stereocenters. The number of anilines is 3. The van der Waals surface area contributed by atoms with Gasteiger partial charge >= 0.3 is 0 Å². The molecule has 168 valence electrons. The lowest BCUT2D eigenvalue weighted by Gasteiger charge is -2.34. The van der Waals surface area contributed by atoms with Crippen LogP contribution >= 0.6 is 0 Å². The van der Waals surface area contributed by atoms with E-state index in [4.69, 9.17) is 9.47 Å². The van der Waals surface area contributed by atoms with Crippen LogP contribution in [0.3, 0.4) is 0 Å². The van der Waals surface area contributed by atoms with Crippen LogP contribution in [0, 0.1) is 12.8 Å². The third kappa shape index (κ3) is 3.98. The van der Waals surface area contributed by atoms with Gasteiger partial charge in [0.2, 0.25) is 18.6 Å². The number of amides is 2. The standard InChI is InChI=1S/C24H28N4O4/c1-16-11-18(27-9-7-26(2)8-10-27)3-5-20(16)25-24(30)17-12-23(29)28(14-17)19-4-6-21-22(13-19)32-15-31-21/h3-6,11,13,17H,7-10,12,14-15H2,1-2H3,(H,25,30). The lowest BCUT2D eigenvalue weighted by Crippen LogP contribution is -2.44. The molecule has 3 aliphatic rings. The van der Waals surface area contributed by atoms with E-state index >= 15 is 0 Å². The summed E-state index contributed by atoms with van der Waals surface area (Å²) in [5, 5.41) is 3.03. The summed E-state index contributed by atoms with van der Waals surface area (Å²) in [5.41, 5.74) is 3.72. The van der Waals surface area contributed by atoms with Gasteiger partial charge in [-0.25, -0.2) is 0 Å². The highest BCUT2D eigenvalue weighted by Crippen LogP contribution is 2.37. The number of aryl methyl sites for hydroxylation is 1. The van der Waals surface area contributed by atoms with Crippen molar-refractivity contribution in [3.63, 3.8) is 0 Å². The van der Waals surface area contributed by atoms with Gasteiger partial charge in [-0.1, -0.05) is 0 Å². The zero-order valence-corrected chi connectivity index (χ0v) is 18.5. The van der Waals surface area contributed by atoms with Crippen molar-refractivity contribution in [3.05, 3.63) is 42.0 Å². The molecular weight excluding hydrogens is 408 g/mol. The maximum Gasteiger partial charge on any atom is 0.231 e. The van der Waals surface area contributed by atoms with Crippen LogP contribution in [0.5, 0.6) is 11.5 Å². The van der Waals surface area contributed by atoms with Gasteiger partial charge in [0.1, 0.15) is 0 Å². The van der Waals surface area contributed by atoms with E-state index in [-0.39, 0.29) is 25.0 Å². The van der Waals surface area contributed by atoms with E-state index in [2.05, 4.69) is 34.3 Å². The van der Waals surface area contributed by atoms with Gasteiger partial charge in [0.15, 0.2) is 11.5 Å². The topological polar surface area (TPSA) is 74.4 Å². The Bertz CT molecular complexity index is 1050. The van der Waals surface area contributed by atoms with Crippen molar-refractivity contribution in [1.29, 1.82) is 0 Å². The number of carbonyl (C=O) groups is 2. The Labute approximate surface area is 187 Å². The fourth-order valence-corrected chi connectivity index (χ4v) is 4.47. The van der Waals surface area contributed by atoms with Gasteiger partial charge in [-0.05, 0) is 49.9 Å². The minimum atomic E-state index is -0.398. The van der Waals surface area contributed by atoms with Crippen LogP contribution in [-0.4, -0.2) is 63.3 Å². The second-order valence-electron chi connectivity index (χ2n) is 8.72. The summed E-state index contributed by atoms with van der Waals surface area (Å²) in [7, 11) is 2.14. The van der Waals surface area contributed by atoms with Crippen LogP contribution in [0.25, 0.3) is 0 Å². The molecule has 5 rings (SSSR count). The normalized spacial score (nSPS) is 20.7. The van der Waals surface area contributed by atoms with Gasteiger partial charge in [-0.2, -0.15) is 0 Å². The summed E-state index contributed by atoms with van der Waals surface area (Å²) in [4.78, 5) is 31.9. The number of hydrogen-bond donors (Lipinski definition) is 1. The van der Waals surface area contributed by atoms with Crippen LogP contribution in [0.1, 0.15) is 12.0 Å². The number of nitrogens with zero attached hydrogens (tertiary/aromatic N) is 3. The SMILES string of the molecule is Cc1cc(N2CCN(C)CC2)ccc1NC(=O)C1CC(=O)N(c2ccc3c(c2)OCO3)C1. The molecule has 0 aromatic heterocycles. The summed E-state index contributed by atoms with van der Waals surface area (Å²) in [6.07, 6.45) is 0.193. The molecule has 2 amide bonds. The molecule has 1 unspecified atom stereocenters. The van der Waals surface area contributed by atoms with Crippen LogP contribution in [-0.2, 0) is 9.59 Å². The lowest BCUT2D eigenvalue weighted by atomic mass is 10.1. The van der Waals surface area contributed by atoms with Crippen molar-refractivity contribution in [2.24, 2.45) is 5.92 Å². The minimum absolute atomic E-state index is 0.0637. The molecule has 1 N–H and O–H groups in total. The number of benzene rings is 2. The molecule has 2 aromatic carbocycles. The van der Waals surface area contributed by atoms with Crippen molar-refractivity contribution in [2.75, 3.05) is 61.7 Å². The molecule has 32 heavy (non-hydrogen) atoms. The third-order valence-corrected chi connectivity index (χ3v) is 6.50. The Hall–Kier alpha value is -3.26. The van der Waals surface area contributed by atoms with Crippen LogP contribution < -0.4 is 24.6 Å². The van der Waals surface area contributed by atoms with Crippen molar-refractivity contribution < 1.29 is 19.1 Å². The fourth-order valence-electron chi connectivity index (χ4n) is 4.47. The number of hydrogen-bond acceptors (Lipinski definition) is 6. The molecule has 2 fully saturated rings. The molecule has 0 radical (unpaired) electrons. The number of carbonyl (C=O) groups excluding carboxylic acids is 2. The molecule has 0 bridgehead atoms. The average Bonchev–Trinajstić information content (AvgIpc) is 3.41. The minimum Gasteiger partial charge on any atom is -0.454 e. The first-order valence-corrected chi connectivity index (χ1v) is 11.0. The number of rotatable bonds is 4. The molecule has 0 saturated carbocycles. The molecular formula is C24H28N4O4. The molecule has 0 spiro atoms. The maximum absolute atomic E-state index is 12.9. The Morgan fingerprint density at radius 2 is 1.75 bits per heavy atom. The van der Waals surface area contributed by atoms with Crippen LogP contribution in [0.4, 0.5) is 17.1 Å². The molecule has 3 heterocycles. The van der Waals surface area contributed by atoms with Crippen LogP contribution in [0.15, 0.2) is 36.4 Å². The summed E-state index contributed by atoms with van der Waals surface area (Å²) in [5.74, 6) is 0.706. The van der Waals surface area contributed by atoms with Crippen molar-refractivity contribution in [2.45, 2.75) is 13.3 Å². The first kappa shape index (κ1) is 20.6. The van der Waals surface area contributed by atoms with Gasteiger partial charge in [-0.15, -0.1) is 0 Å². The molecule has 3 aliphatic heterocycles. The van der Waals surface area contributed by atoms with E-state index in [1.54, 1.807) is 17.0 Å². The van der Waals surface area contributed by atoms with Gasteiger partial charge < -0.3 is 29.5 Å². The van der Waals surface area contributed by atoms with E-state index in [0.29, 0.717) is 18.0 Å². The monoisotopic (exact) mass is 436 g/mol. The largest absolute Gasteiger partial charge is 0.454 e. The summed E-state index contributed by atoms with van der Waals surface area (Å²) >= 11 is 0. The van der Waals surface area contributed by atoms with E-state index in [0.717, 1.165) is 43.1 Å². The fraction of sp³-hybridized carbons (Fsp3) is 0.417. The Morgan fingerprint density at radius 1 is 1.00 bits per heavy atom. The van der Waals surface area contributed by atoms with Gasteiger partial charge in [0.05, 0.1) is 5.92 Å². The lowest BCUT2D eigenvalue weighted by molar-refractivity contribution is -0.122. The second kappa shape index (κ2) is 8.35. The van der Waals surface area contributed by atoms with Crippen molar-refractivity contribution in [1.82, 2.24) is 4.90 Å². The molecule has 8 heteroatoms. The predicted octanol–water partition coefficient (Wildman–Crippen LogP) is 2.47. The molecule has 2 aromatic rings. The van der Waals surface area contributed by atoms with Crippen molar-refractivity contribution in [3.8, 4) is 11.5 Å². The molecule has 2 saturated heterocycles. The summed E-state index contributed by atoms with van der Waals surface area (Å²) in [6.45, 7) is 6.64. The highest BCUT2D eigenvalue weighted by atomic mass is 16.7. The Kier molecular flexibility index (Phi) is 5.38. The second-order valence-corrected chi connectivity index (χ2v) is 8.72. The first-order chi connectivity index (χ1) is 15.5. The first-order valence-electron chi connectivity index (χ1n) is 11.0. The number of piperazine rings is 1. The van der Waals surface area contributed by atoms with E-state index in [1.165, 1.54) is 5.69 Å². The van der Waals surface area contributed by atoms with E-state index in [9.17, 15) is 9.59 Å². The van der Waals surface area contributed by atoms with Crippen molar-refractivity contribution >= 4 is 28.9 Å². The number of fused-ring (bicyclic) bond motifs is 1. The summed E-state index contributed by atoms with van der Waals surface area (Å²) in [6, 6.07) is 11.6. The highest BCUT2D eigenvalue weighted by molar-refractivity contribution is 6.04. The predicted molar refractivity (Wildman–Crippen MR) is 123 cm³/mol. The molecule has 0 aliphatic carbocycles. The number of likely N-dealkylation sites (N-methyl/N-ethyl adjacent to an activating group) is 1. The van der Waals surface area contributed by atoms with E-state index in [1.807, 2.05) is 19.1 Å². The van der Waals surface area contributed by atoms with Gasteiger partial charge in [0, 0.05) is 62.3 Å². The van der Waals surface area contributed by atoms with Gasteiger partial charge in [0.25, 0.3) is 0 Å². The zero-order chi connectivity index (χ0) is 22.2. The van der Waals surface area contributed by atoms with E-state index < -0.39 is 5.92 Å². The number of ether oxygens (including phenoxy) is 2. The Balaban J connectivity index is 1.24. The van der Waals surface area contributed by atoms with Gasteiger partial charge in [-0.3, -0.25) is 9.59 Å². The smallest absolute Gasteiger partial charge is 0.231 e. The number of nitrogens with one attached hydrogen (secondary N) is 1. The quantitative estimate of drug-likeness (QED) is 0.794. The van der Waals surface area contributed by atoms with Crippen LogP contribution in [0.2, 0.25) is 0 Å².